The minimum atomic E-state index is -0.244. The standard InChI is InChI=1S/C24H45N5O7/c1-20-22(27(8-14-31-2)9-15-32-3)26-21(24(30)29(12-18-35-6)13-19-36-7)23(25-20)28(10-16-33-4)11-17-34-5/h8-19H2,1-7H3. The average Bonchev–Trinajstić information content (AvgIpc) is 2.89. The van der Waals surface area contributed by atoms with Gasteiger partial charge in [0.05, 0.1) is 45.3 Å². The molecule has 208 valence electrons. The highest BCUT2D eigenvalue weighted by Crippen LogP contribution is 2.25. The molecule has 1 rings (SSSR count). The van der Waals surface area contributed by atoms with Gasteiger partial charge in [-0.1, -0.05) is 0 Å². The van der Waals surface area contributed by atoms with Crippen LogP contribution in [0.25, 0.3) is 0 Å². The van der Waals surface area contributed by atoms with Gasteiger partial charge in [0.2, 0.25) is 0 Å². The van der Waals surface area contributed by atoms with Crippen molar-refractivity contribution >= 4 is 17.5 Å². The Hall–Kier alpha value is -2.09. The molecule has 12 heteroatoms. The third kappa shape index (κ3) is 10.5. The number of hydrogen-bond donors (Lipinski definition) is 0. The van der Waals surface area contributed by atoms with Crippen molar-refractivity contribution in [3.63, 3.8) is 0 Å². The van der Waals surface area contributed by atoms with Gasteiger partial charge in [-0.25, -0.2) is 9.97 Å². The SMILES string of the molecule is COCCN(CCOC)C(=O)c1nc(N(CCOC)CCOC)c(C)nc1N(CCOC)CCOC. The Balaban J connectivity index is 3.62. The fourth-order valence-electron chi connectivity index (χ4n) is 3.48. The molecule has 0 atom stereocenters. The third-order valence-corrected chi connectivity index (χ3v) is 5.51. The number of methoxy groups -OCH3 is 6. The van der Waals surface area contributed by atoms with E-state index in [1.807, 2.05) is 16.7 Å². The summed E-state index contributed by atoms with van der Waals surface area (Å²) >= 11 is 0. The van der Waals surface area contributed by atoms with Crippen molar-refractivity contribution < 1.29 is 33.2 Å². The minimum absolute atomic E-state index is 0.244. The summed E-state index contributed by atoms with van der Waals surface area (Å²) < 4.78 is 31.7. The summed E-state index contributed by atoms with van der Waals surface area (Å²) in [7, 11) is 9.79. The zero-order valence-corrected chi connectivity index (χ0v) is 23.1. The molecule has 0 saturated heterocycles. The number of hydrogen-bond acceptors (Lipinski definition) is 11. The highest BCUT2D eigenvalue weighted by atomic mass is 16.5. The fourth-order valence-corrected chi connectivity index (χ4v) is 3.48. The smallest absolute Gasteiger partial charge is 0.276 e. The van der Waals surface area contributed by atoms with Crippen molar-refractivity contribution in [1.82, 2.24) is 14.9 Å². The van der Waals surface area contributed by atoms with Crippen LogP contribution in [-0.2, 0) is 28.4 Å². The van der Waals surface area contributed by atoms with Gasteiger partial charge in [0.25, 0.3) is 5.91 Å². The second-order valence-corrected chi connectivity index (χ2v) is 8.03. The lowest BCUT2D eigenvalue weighted by Crippen LogP contribution is -2.40. The minimum Gasteiger partial charge on any atom is -0.383 e. The number of nitrogens with zero attached hydrogens (tertiary/aromatic N) is 5. The first-order chi connectivity index (χ1) is 17.5. The van der Waals surface area contributed by atoms with Crippen LogP contribution < -0.4 is 9.80 Å². The van der Waals surface area contributed by atoms with Crippen LogP contribution in [0.3, 0.4) is 0 Å². The molecular formula is C24H45N5O7. The van der Waals surface area contributed by atoms with Gasteiger partial charge in [0, 0.05) is 81.9 Å². The Bertz CT molecular complexity index is 717. The van der Waals surface area contributed by atoms with E-state index in [1.165, 1.54) is 0 Å². The Morgan fingerprint density at radius 1 is 0.583 bits per heavy atom. The number of rotatable bonds is 21. The zero-order valence-electron chi connectivity index (χ0n) is 23.1. The summed E-state index contributed by atoms with van der Waals surface area (Å²) in [4.78, 5) is 29.4. The van der Waals surface area contributed by atoms with Gasteiger partial charge in [-0.2, -0.15) is 0 Å². The molecule has 0 aliphatic rings. The highest BCUT2D eigenvalue weighted by molar-refractivity contribution is 5.97. The van der Waals surface area contributed by atoms with Crippen molar-refractivity contribution in [3.8, 4) is 0 Å². The Morgan fingerprint density at radius 3 is 1.33 bits per heavy atom. The molecule has 0 fully saturated rings. The fraction of sp³-hybridized carbons (Fsp3) is 0.792. The van der Waals surface area contributed by atoms with E-state index >= 15 is 0 Å². The first-order valence-corrected chi connectivity index (χ1v) is 12.1. The molecule has 0 aromatic carbocycles. The van der Waals surface area contributed by atoms with Crippen LogP contribution >= 0.6 is 0 Å². The molecule has 0 unspecified atom stereocenters. The first-order valence-electron chi connectivity index (χ1n) is 12.1. The molecule has 1 aromatic heterocycles. The third-order valence-electron chi connectivity index (χ3n) is 5.51. The molecule has 0 radical (unpaired) electrons. The largest absolute Gasteiger partial charge is 0.383 e. The van der Waals surface area contributed by atoms with Crippen LogP contribution in [0.2, 0.25) is 0 Å². The molecule has 1 amide bonds. The predicted octanol–water partition coefficient (Wildman–Crippen LogP) is 0.718. The maximum Gasteiger partial charge on any atom is 0.276 e. The molecule has 1 heterocycles. The normalized spacial score (nSPS) is 11.1. The number of carbonyl (C=O) groups is 1. The number of carbonyl (C=O) groups excluding carboxylic acids is 1. The topological polar surface area (TPSA) is 108 Å². The molecule has 1 aromatic rings. The van der Waals surface area contributed by atoms with Gasteiger partial charge >= 0.3 is 0 Å². The van der Waals surface area contributed by atoms with Gasteiger partial charge in [-0.3, -0.25) is 4.79 Å². The van der Waals surface area contributed by atoms with E-state index in [4.69, 9.17) is 38.4 Å². The maximum atomic E-state index is 13.9. The monoisotopic (exact) mass is 515 g/mol. The van der Waals surface area contributed by atoms with E-state index in [2.05, 4.69) is 0 Å². The molecule has 12 nitrogen and oxygen atoms in total. The number of ether oxygens (including phenoxy) is 6. The summed E-state index contributed by atoms with van der Waals surface area (Å²) in [6, 6.07) is 0. The lowest BCUT2D eigenvalue weighted by atomic mass is 10.2. The number of amides is 1. The van der Waals surface area contributed by atoms with E-state index in [9.17, 15) is 4.79 Å². The van der Waals surface area contributed by atoms with E-state index in [0.717, 1.165) is 0 Å². The summed E-state index contributed by atoms with van der Waals surface area (Å²) in [5, 5.41) is 0. The maximum absolute atomic E-state index is 13.9. The van der Waals surface area contributed by atoms with Gasteiger partial charge < -0.3 is 43.1 Å². The van der Waals surface area contributed by atoms with Crippen LogP contribution in [0, 0.1) is 6.92 Å². The van der Waals surface area contributed by atoms with Crippen molar-refractivity contribution in [1.29, 1.82) is 0 Å². The molecule has 0 aliphatic carbocycles. The van der Waals surface area contributed by atoms with Crippen LogP contribution in [0.15, 0.2) is 0 Å². The lowest BCUT2D eigenvalue weighted by Gasteiger charge is -2.30. The summed E-state index contributed by atoms with van der Waals surface area (Å²) in [6.45, 7) is 7.61. The van der Waals surface area contributed by atoms with Crippen molar-refractivity contribution in [3.05, 3.63) is 11.4 Å². The average molecular weight is 516 g/mol. The molecular weight excluding hydrogens is 470 g/mol. The quantitative estimate of drug-likeness (QED) is 0.231. The Kier molecular flexibility index (Phi) is 16.9. The van der Waals surface area contributed by atoms with Gasteiger partial charge in [0.1, 0.15) is 0 Å². The summed E-state index contributed by atoms with van der Waals surface area (Å²) in [5.41, 5.74) is 0.962. The predicted molar refractivity (Wildman–Crippen MR) is 138 cm³/mol. The van der Waals surface area contributed by atoms with Crippen LogP contribution in [-0.4, -0.2) is 142 Å². The highest BCUT2D eigenvalue weighted by Gasteiger charge is 2.27. The Morgan fingerprint density at radius 2 is 0.944 bits per heavy atom. The Labute approximate surface area is 215 Å². The zero-order chi connectivity index (χ0) is 26.8. The second kappa shape index (κ2) is 19.1. The molecule has 0 spiro atoms. The van der Waals surface area contributed by atoms with E-state index in [0.29, 0.717) is 96.2 Å². The van der Waals surface area contributed by atoms with E-state index in [-0.39, 0.29) is 11.6 Å². The van der Waals surface area contributed by atoms with Gasteiger partial charge in [-0.15, -0.1) is 0 Å². The first kappa shape index (κ1) is 31.9. The van der Waals surface area contributed by atoms with Crippen molar-refractivity contribution in [2.24, 2.45) is 0 Å². The number of aromatic nitrogens is 2. The van der Waals surface area contributed by atoms with E-state index in [1.54, 1.807) is 47.6 Å². The molecule has 0 saturated carbocycles. The summed E-state index contributed by atoms with van der Waals surface area (Å²) in [6.07, 6.45) is 0. The van der Waals surface area contributed by atoms with Crippen LogP contribution in [0.5, 0.6) is 0 Å². The molecule has 0 N–H and O–H groups in total. The van der Waals surface area contributed by atoms with Crippen molar-refractivity contribution in [2.75, 3.05) is 131 Å². The molecule has 0 bridgehead atoms. The molecule has 36 heavy (non-hydrogen) atoms. The lowest BCUT2D eigenvalue weighted by molar-refractivity contribution is 0.0622. The van der Waals surface area contributed by atoms with Gasteiger partial charge in [-0.05, 0) is 6.92 Å². The summed E-state index contributed by atoms with van der Waals surface area (Å²) in [5.74, 6) is 0.868. The second-order valence-electron chi connectivity index (χ2n) is 8.03. The van der Waals surface area contributed by atoms with Crippen molar-refractivity contribution in [2.45, 2.75) is 6.92 Å². The van der Waals surface area contributed by atoms with Gasteiger partial charge in [0.15, 0.2) is 17.3 Å². The number of aryl methyl sites for hydroxylation is 1. The van der Waals surface area contributed by atoms with E-state index < -0.39 is 0 Å². The molecule has 0 aliphatic heterocycles. The van der Waals surface area contributed by atoms with Crippen LogP contribution in [0.1, 0.15) is 16.2 Å². The number of anilines is 2. The van der Waals surface area contributed by atoms with Crippen LogP contribution in [0.4, 0.5) is 11.6 Å².